The number of carbonyl (C=O) groups excluding carboxylic acids is 2. The molecule has 140 valence electrons. The minimum atomic E-state index is -0.610. The van der Waals surface area contributed by atoms with Gasteiger partial charge in [-0.1, -0.05) is 44.2 Å². The van der Waals surface area contributed by atoms with Crippen LogP contribution in [-0.4, -0.2) is 30.3 Å². The molecule has 1 heterocycles. The van der Waals surface area contributed by atoms with E-state index in [4.69, 9.17) is 9.15 Å². The molecular weight excluding hydrogens is 350 g/mol. The standard InChI is InChI=1S/C20H25NO4S/c1-15(2)12-25-20(23)21-18(11-16-7-4-3-5-8-16)19(22)14-26-13-17-9-6-10-24-17/h3-10,15,18H,11-14H2,1-2H3,(H,21,23)/t18-/m0/s1. The molecule has 0 saturated heterocycles. The molecule has 26 heavy (non-hydrogen) atoms. The summed E-state index contributed by atoms with van der Waals surface area (Å²) in [4.78, 5) is 24.6. The normalized spacial score (nSPS) is 12.0. The average Bonchev–Trinajstić information content (AvgIpc) is 3.13. The molecule has 0 spiro atoms. The largest absolute Gasteiger partial charge is 0.468 e. The Morgan fingerprint density at radius 1 is 1.15 bits per heavy atom. The molecular formula is C20H25NO4S. The molecule has 1 atom stereocenters. The third-order valence-corrected chi connectivity index (χ3v) is 4.56. The van der Waals surface area contributed by atoms with Crippen molar-refractivity contribution in [1.82, 2.24) is 5.32 Å². The van der Waals surface area contributed by atoms with Gasteiger partial charge in [0.05, 0.1) is 30.4 Å². The number of thioether (sulfide) groups is 1. The number of furan rings is 1. The monoisotopic (exact) mass is 375 g/mol. The van der Waals surface area contributed by atoms with Crippen LogP contribution >= 0.6 is 11.8 Å². The second kappa shape index (κ2) is 10.7. The van der Waals surface area contributed by atoms with E-state index in [2.05, 4.69) is 5.32 Å². The summed E-state index contributed by atoms with van der Waals surface area (Å²) in [7, 11) is 0. The van der Waals surface area contributed by atoms with Crippen LogP contribution < -0.4 is 5.32 Å². The van der Waals surface area contributed by atoms with Crippen molar-refractivity contribution in [2.75, 3.05) is 12.4 Å². The molecule has 2 aromatic rings. The van der Waals surface area contributed by atoms with E-state index in [9.17, 15) is 9.59 Å². The zero-order valence-electron chi connectivity index (χ0n) is 15.1. The predicted octanol–water partition coefficient (Wildman–Crippen LogP) is 4.08. The summed E-state index contributed by atoms with van der Waals surface area (Å²) >= 11 is 1.47. The summed E-state index contributed by atoms with van der Waals surface area (Å²) in [6.45, 7) is 4.25. The van der Waals surface area contributed by atoms with Gasteiger partial charge >= 0.3 is 6.09 Å². The van der Waals surface area contributed by atoms with Crippen molar-refractivity contribution in [2.24, 2.45) is 5.92 Å². The fourth-order valence-electron chi connectivity index (χ4n) is 2.27. The Balaban J connectivity index is 1.91. The summed E-state index contributed by atoms with van der Waals surface area (Å²) in [5.41, 5.74) is 0.992. The van der Waals surface area contributed by atoms with Crippen LogP contribution in [0.3, 0.4) is 0 Å². The highest BCUT2D eigenvalue weighted by Crippen LogP contribution is 2.14. The topological polar surface area (TPSA) is 68.5 Å². The minimum Gasteiger partial charge on any atom is -0.468 e. The lowest BCUT2D eigenvalue weighted by molar-refractivity contribution is -0.118. The van der Waals surface area contributed by atoms with E-state index in [1.807, 2.05) is 56.3 Å². The lowest BCUT2D eigenvalue weighted by atomic mass is 10.0. The Kier molecular flexibility index (Phi) is 8.28. The number of hydrogen-bond acceptors (Lipinski definition) is 5. The van der Waals surface area contributed by atoms with Crippen LogP contribution in [0.5, 0.6) is 0 Å². The maximum Gasteiger partial charge on any atom is 0.407 e. The van der Waals surface area contributed by atoms with Crippen LogP contribution in [0.15, 0.2) is 53.1 Å². The van der Waals surface area contributed by atoms with Crippen LogP contribution in [0.2, 0.25) is 0 Å². The van der Waals surface area contributed by atoms with E-state index >= 15 is 0 Å². The van der Waals surface area contributed by atoms with Crippen LogP contribution in [0.25, 0.3) is 0 Å². The summed E-state index contributed by atoms with van der Waals surface area (Å²) in [6, 6.07) is 12.7. The van der Waals surface area contributed by atoms with Gasteiger partial charge in [-0.2, -0.15) is 0 Å². The number of nitrogens with one attached hydrogen (secondary N) is 1. The van der Waals surface area contributed by atoms with Crippen LogP contribution in [0, 0.1) is 5.92 Å². The fraction of sp³-hybridized carbons (Fsp3) is 0.400. The first-order valence-corrected chi connectivity index (χ1v) is 9.80. The smallest absolute Gasteiger partial charge is 0.407 e. The number of ether oxygens (including phenoxy) is 1. The highest BCUT2D eigenvalue weighted by molar-refractivity contribution is 7.99. The van der Waals surface area contributed by atoms with Gasteiger partial charge in [0.2, 0.25) is 0 Å². The van der Waals surface area contributed by atoms with Gasteiger partial charge in [0.15, 0.2) is 5.78 Å². The number of rotatable bonds is 10. The number of Topliss-reactive ketones (excluding diaryl/α,β-unsaturated/α-hetero) is 1. The van der Waals surface area contributed by atoms with Gasteiger partial charge in [-0.05, 0) is 30.0 Å². The first-order valence-electron chi connectivity index (χ1n) is 8.64. The van der Waals surface area contributed by atoms with Crippen LogP contribution in [0.1, 0.15) is 25.2 Å². The molecule has 2 rings (SSSR count). The molecule has 6 heteroatoms. The van der Waals surface area contributed by atoms with E-state index < -0.39 is 12.1 Å². The first-order chi connectivity index (χ1) is 12.5. The maximum absolute atomic E-state index is 12.6. The predicted molar refractivity (Wildman–Crippen MR) is 103 cm³/mol. The highest BCUT2D eigenvalue weighted by Gasteiger charge is 2.22. The average molecular weight is 375 g/mol. The minimum absolute atomic E-state index is 0.0353. The molecule has 1 amide bonds. The Morgan fingerprint density at radius 3 is 2.58 bits per heavy atom. The zero-order valence-corrected chi connectivity index (χ0v) is 16.0. The molecule has 1 aromatic heterocycles. The molecule has 0 fully saturated rings. The highest BCUT2D eigenvalue weighted by atomic mass is 32.2. The van der Waals surface area contributed by atoms with Gasteiger partial charge in [-0.15, -0.1) is 11.8 Å². The van der Waals surface area contributed by atoms with Crippen molar-refractivity contribution in [1.29, 1.82) is 0 Å². The zero-order chi connectivity index (χ0) is 18.8. The van der Waals surface area contributed by atoms with Crippen molar-refractivity contribution in [2.45, 2.75) is 32.1 Å². The van der Waals surface area contributed by atoms with E-state index in [1.54, 1.807) is 6.26 Å². The molecule has 1 N–H and O–H groups in total. The third-order valence-electron chi connectivity index (χ3n) is 3.58. The van der Waals surface area contributed by atoms with Gasteiger partial charge in [-0.3, -0.25) is 4.79 Å². The second-order valence-corrected chi connectivity index (χ2v) is 7.40. The summed E-state index contributed by atoms with van der Waals surface area (Å²) in [5, 5.41) is 2.72. The Morgan fingerprint density at radius 2 is 1.92 bits per heavy atom. The maximum atomic E-state index is 12.6. The number of amides is 1. The van der Waals surface area contributed by atoms with Crippen molar-refractivity contribution >= 4 is 23.6 Å². The van der Waals surface area contributed by atoms with Gasteiger partial charge in [0, 0.05) is 0 Å². The van der Waals surface area contributed by atoms with Crippen LogP contribution in [-0.2, 0) is 21.7 Å². The Labute approximate surface area is 158 Å². The number of ketones is 1. The van der Waals surface area contributed by atoms with Gasteiger partial charge in [-0.25, -0.2) is 4.79 Å². The number of carbonyl (C=O) groups is 2. The number of benzene rings is 1. The quantitative estimate of drug-likeness (QED) is 0.678. The molecule has 1 aromatic carbocycles. The summed E-state index contributed by atoms with van der Waals surface area (Å²) in [5.74, 6) is 1.95. The second-order valence-electron chi connectivity index (χ2n) is 6.42. The molecule has 0 unspecified atom stereocenters. The Hall–Kier alpha value is -2.21. The van der Waals surface area contributed by atoms with E-state index in [1.165, 1.54) is 11.8 Å². The molecule has 0 radical (unpaired) electrons. The van der Waals surface area contributed by atoms with E-state index in [0.29, 0.717) is 24.5 Å². The molecule has 5 nitrogen and oxygen atoms in total. The summed E-state index contributed by atoms with van der Waals surface area (Å²) < 4.78 is 10.4. The lowest BCUT2D eigenvalue weighted by Crippen LogP contribution is -2.43. The number of hydrogen-bond donors (Lipinski definition) is 1. The van der Waals surface area contributed by atoms with E-state index in [-0.39, 0.29) is 11.7 Å². The first kappa shape index (κ1) is 20.1. The van der Waals surface area contributed by atoms with Crippen molar-refractivity contribution in [3.63, 3.8) is 0 Å². The van der Waals surface area contributed by atoms with Gasteiger partial charge in [0.25, 0.3) is 0 Å². The molecule has 0 aliphatic carbocycles. The number of alkyl carbamates (subject to hydrolysis) is 1. The van der Waals surface area contributed by atoms with Crippen LogP contribution in [0.4, 0.5) is 4.79 Å². The van der Waals surface area contributed by atoms with E-state index in [0.717, 1.165) is 11.3 Å². The molecule has 0 aliphatic rings. The Bertz CT molecular complexity index is 670. The molecule has 0 bridgehead atoms. The van der Waals surface area contributed by atoms with Crippen molar-refractivity contribution in [3.8, 4) is 0 Å². The molecule has 0 saturated carbocycles. The SMILES string of the molecule is CC(C)COC(=O)N[C@@H](Cc1ccccc1)C(=O)CSCc1ccco1. The fourth-order valence-corrected chi connectivity index (χ4v) is 3.14. The summed E-state index contributed by atoms with van der Waals surface area (Å²) in [6.07, 6.45) is 1.50. The van der Waals surface area contributed by atoms with Gasteiger partial charge < -0.3 is 14.5 Å². The van der Waals surface area contributed by atoms with Crippen molar-refractivity contribution in [3.05, 3.63) is 60.1 Å². The van der Waals surface area contributed by atoms with Gasteiger partial charge in [0.1, 0.15) is 5.76 Å². The van der Waals surface area contributed by atoms with Crippen molar-refractivity contribution < 1.29 is 18.7 Å². The third kappa shape index (κ3) is 7.35. The molecule has 0 aliphatic heterocycles. The lowest BCUT2D eigenvalue weighted by Gasteiger charge is -2.18.